The van der Waals surface area contributed by atoms with Gasteiger partial charge in [-0.25, -0.2) is 0 Å². The minimum absolute atomic E-state index is 0.739. The van der Waals surface area contributed by atoms with Crippen molar-refractivity contribution in [1.29, 1.82) is 0 Å². The highest BCUT2D eigenvalue weighted by Crippen LogP contribution is 2.42. The zero-order valence-electron chi connectivity index (χ0n) is 17.3. The first kappa shape index (κ1) is 19.5. The first-order valence-electron chi connectivity index (χ1n) is 10.3. The molecule has 1 heterocycles. The fraction of sp³-hybridized carbons (Fsp3) is 0.0714. The van der Waals surface area contributed by atoms with Crippen molar-refractivity contribution in [3.05, 3.63) is 114 Å². The minimum Gasteiger partial charge on any atom is -0.497 e. The van der Waals surface area contributed by atoms with Crippen molar-refractivity contribution < 1.29 is 4.74 Å². The van der Waals surface area contributed by atoms with Crippen molar-refractivity contribution in [3.8, 4) is 28.1 Å². The van der Waals surface area contributed by atoms with Crippen LogP contribution in [0, 0.1) is 0 Å². The molecule has 0 saturated carbocycles. The summed E-state index contributed by atoms with van der Waals surface area (Å²) in [5, 5.41) is 1.89. The van der Waals surface area contributed by atoms with Crippen LogP contribution in [0.4, 0.5) is 0 Å². The van der Waals surface area contributed by atoms with E-state index in [0.29, 0.717) is 0 Å². The van der Waals surface area contributed by atoms with E-state index < -0.39 is 0 Å². The third-order valence-electron chi connectivity index (χ3n) is 5.63. The monoisotopic (exact) mass is 423 g/mol. The number of halogens is 1. The van der Waals surface area contributed by atoms with Crippen molar-refractivity contribution in [2.45, 2.75) is 6.54 Å². The molecule has 31 heavy (non-hydrogen) atoms. The predicted molar refractivity (Wildman–Crippen MR) is 130 cm³/mol. The van der Waals surface area contributed by atoms with Crippen LogP contribution in [0.15, 0.2) is 103 Å². The van der Waals surface area contributed by atoms with Gasteiger partial charge in [0.2, 0.25) is 0 Å². The molecule has 0 bridgehead atoms. The lowest BCUT2D eigenvalue weighted by atomic mass is 9.98. The lowest BCUT2D eigenvalue weighted by molar-refractivity contribution is 0.415. The Morgan fingerprint density at radius 2 is 1.42 bits per heavy atom. The van der Waals surface area contributed by atoms with Crippen molar-refractivity contribution in [2.75, 3.05) is 7.11 Å². The summed E-state index contributed by atoms with van der Waals surface area (Å²) in [6.07, 6.45) is 0. The van der Waals surface area contributed by atoms with E-state index in [1.807, 2.05) is 24.3 Å². The molecule has 3 heteroatoms. The molecular formula is C28H22ClNO. The Morgan fingerprint density at radius 1 is 0.742 bits per heavy atom. The van der Waals surface area contributed by atoms with E-state index in [9.17, 15) is 0 Å². The van der Waals surface area contributed by atoms with Crippen LogP contribution in [0.2, 0.25) is 5.02 Å². The van der Waals surface area contributed by atoms with Crippen molar-refractivity contribution in [2.24, 2.45) is 0 Å². The van der Waals surface area contributed by atoms with Gasteiger partial charge in [0.1, 0.15) is 5.75 Å². The van der Waals surface area contributed by atoms with Crippen LogP contribution in [-0.2, 0) is 6.54 Å². The summed E-state index contributed by atoms with van der Waals surface area (Å²) >= 11 is 6.46. The summed E-state index contributed by atoms with van der Waals surface area (Å²) in [7, 11) is 1.69. The second-order valence-electron chi connectivity index (χ2n) is 7.55. The fourth-order valence-electron chi connectivity index (χ4n) is 4.20. The lowest BCUT2D eigenvalue weighted by Gasteiger charge is -2.14. The molecule has 1 aromatic heterocycles. The van der Waals surface area contributed by atoms with Crippen LogP contribution in [0.3, 0.4) is 0 Å². The molecule has 0 fully saturated rings. The predicted octanol–water partition coefficient (Wildman–Crippen LogP) is 7.69. The first-order valence-corrected chi connectivity index (χ1v) is 10.7. The third-order valence-corrected chi connectivity index (χ3v) is 5.87. The number of hydrogen-bond acceptors (Lipinski definition) is 1. The molecule has 5 rings (SSSR count). The zero-order valence-corrected chi connectivity index (χ0v) is 18.0. The molecule has 2 nitrogen and oxygen atoms in total. The van der Waals surface area contributed by atoms with Crippen molar-refractivity contribution in [1.82, 2.24) is 4.57 Å². The second-order valence-corrected chi connectivity index (χ2v) is 7.99. The number of hydrogen-bond donors (Lipinski definition) is 0. The topological polar surface area (TPSA) is 14.2 Å². The average molecular weight is 424 g/mol. The molecular weight excluding hydrogens is 402 g/mol. The fourth-order valence-corrected chi connectivity index (χ4v) is 4.38. The standard InChI is InChI=1S/C28H22ClNO/c1-31-24-15-12-22(13-16-24)28-27(21-10-6-3-7-11-21)25-18-23(29)14-17-26(25)30(28)19-20-8-4-2-5-9-20/h2-18H,19H2,1H3. The summed E-state index contributed by atoms with van der Waals surface area (Å²) in [5.41, 5.74) is 7.10. The minimum atomic E-state index is 0.739. The normalized spacial score (nSPS) is 11.0. The van der Waals surface area contributed by atoms with Crippen molar-refractivity contribution >= 4 is 22.5 Å². The average Bonchev–Trinajstić information content (AvgIpc) is 3.13. The van der Waals surface area contributed by atoms with E-state index in [2.05, 4.69) is 83.4 Å². The molecule has 0 aliphatic carbocycles. The van der Waals surface area contributed by atoms with E-state index >= 15 is 0 Å². The molecule has 0 amide bonds. The van der Waals surface area contributed by atoms with Crippen LogP contribution in [0.25, 0.3) is 33.3 Å². The van der Waals surface area contributed by atoms with Gasteiger partial charge in [-0.1, -0.05) is 72.3 Å². The Labute approximate surface area is 187 Å². The number of nitrogens with zero attached hydrogens (tertiary/aromatic N) is 1. The van der Waals surface area contributed by atoms with Gasteiger partial charge in [-0.05, 0) is 59.2 Å². The van der Waals surface area contributed by atoms with Gasteiger partial charge in [-0.2, -0.15) is 0 Å². The number of aromatic nitrogens is 1. The van der Waals surface area contributed by atoms with E-state index in [1.54, 1.807) is 7.11 Å². The summed E-state index contributed by atoms with van der Waals surface area (Å²) in [6, 6.07) is 35.6. The molecule has 0 atom stereocenters. The molecule has 0 spiro atoms. The van der Waals surface area contributed by atoms with Gasteiger partial charge >= 0.3 is 0 Å². The highest BCUT2D eigenvalue weighted by Gasteiger charge is 2.20. The highest BCUT2D eigenvalue weighted by molar-refractivity contribution is 6.31. The lowest BCUT2D eigenvalue weighted by Crippen LogP contribution is -2.02. The van der Waals surface area contributed by atoms with Gasteiger partial charge in [0.15, 0.2) is 0 Å². The molecule has 0 aliphatic rings. The number of ether oxygens (including phenoxy) is 1. The smallest absolute Gasteiger partial charge is 0.118 e. The molecule has 4 aromatic carbocycles. The molecule has 0 unspecified atom stereocenters. The van der Waals surface area contributed by atoms with Gasteiger partial charge in [0.05, 0.1) is 12.8 Å². The van der Waals surface area contributed by atoms with Gasteiger partial charge in [0, 0.05) is 28.0 Å². The zero-order chi connectivity index (χ0) is 21.2. The van der Waals surface area contributed by atoms with Crippen LogP contribution >= 0.6 is 11.6 Å². The Bertz CT molecular complexity index is 1320. The molecule has 5 aromatic rings. The van der Waals surface area contributed by atoms with Crippen LogP contribution in [-0.4, -0.2) is 11.7 Å². The maximum atomic E-state index is 6.46. The van der Waals surface area contributed by atoms with Crippen molar-refractivity contribution in [3.63, 3.8) is 0 Å². The summed E-state index contributed by atoms with van der Waals surface area (Å²) in [4.78, 5) is 0. The largest absolute Gasteiger partial charge is 0.497 e. The van der Waals surface area contributed by atoms with E-state index in [0.717, 1.165) is 33.8 Å². The Hall–Kier alpha value is -3.49. The Kier molecular flexibility index (Phi) is 5.23. The molecule has 152 valence electrons. The quantitative estimate of drug-likeness (QED) is 0.282. The van der Waals surface area contributed by atoms with Gasteiger partial charge in [-0.15, -0.1) is 0 Å². The Morgan fingerprint density at radius 3 is 2.10 bits per heavy atom. The summed E-state index contributed by atoms with van der Waals surface area (Å²) < 4.78 is 7.79. The van der Waals surface area contributed by atoms with Crippen LogP contribution in [0.5, 0.6) is 5.75 Å². The van der Waals surface area contributed by atoms with Gasteiger partial charge in [0.25, 0.3) is 0 Å². The van der Waals surface area contributed by atoms with Gasteiger partial charge < -0.3 is 9.30 Å². The Balaban J connectivity index is 1.84. The molecule has 0 saturated heterocycles. The summed E-state index contributed by atoms with van der Waals surface area (Å²) in [6.45, 7) is 0.771. The van der Waals surface area contributed by atoms with E-state index in [4.69, 9.17) is 16.3 Å². The highest BCUT2D eigenvalue weighted by atomic mass is 35.5. The molecule has 0 aliphatic heterocycles. The maximum Gasteiger partial charge on any atom is 0.118 e. The number of fused-ring (bicyclic) bond motifs is 1. The molecule has 0 radical (unpaired) electrons. The number of benzene rings is 4. The summed E-state index contributed by atoms with van der Waals surface area (Å²) in [5.74, 6) is 0.846. The number of methoxy groups -OCH3 is 1. The van der Waals surface area contributed by atoms with Crippen LogP contribution < -0.4 is 4.74 Å². The first-order chi connectivity index (χ1) is 15.2. The number of rotatable bonds is 5. The maximum absolute atomic E-state index is 6.46. The second kappa shape index (κ2) is 8.33. The van der Waals surface area contributed by atoms with E-state index in [1.165, 1.54) is 22.4 Å². The SMILES string of the molecule is COc1ccc(-c2c(-c3ccccc3)c3cc(Cl)ccc3n2Cc2ccccc2)cc1. The third kappa shape index (κ3) is 3.71. The van der Waals surface area contributed by atoms with Gasteiger partial charge in [-0.3, -0.25) is 0 Å². The molecule has 0 N–H and O–H groups in total. The van der Waals surface area contributed by atoms with E-state index in [-0.39, 0.29) is 0 Å². The van der Waals surface area contributed by atoms with Crippen LogP contribution in [0.1, 0.15) is 5.56 Å².